The third-order valence-corrected chi connectivity index (χ3v) is 3.46. The van der Waals surface area contributed by atoms with Crippen molar-refractivity contribution >= 4 is 11.8 Å². The summed E-state index contributed by atoms with van der Waals surface area (Å²) in [5, 5.41) is 0. The number of ketones is 1. The van der Waals surface area contributed by atoms with Crippen LogP contribution in [0.2, 0.25) is 0 Å². The molecule has 2 aliphatic carbocycles. The summed E-state index contributed by atoms with van der Waals surface area (Å²) < 4.78 is 4.73. The highest BCUT2D eigenvalue weighted by molar-refractivity contribution is 5.86. The molecule has 0 spiro atoms. The van der Waals surface area contributed by atoms with E-state index < -0.39 is 0 Å². The van der Waals surface area contributed by atoms with Gasteiger partial charge < -0.3 is 4.74 Å². The van der Waals surface area contributed by atoms with E-state index in [0.717, 1.165) is 19.3 Å². The van der Waals surface area contributed by atoms with Gasteiger partial charge >= 0.3 is 5.97 Å². The molecular weight excluding hydrogens is 168 g/mol. The molecule has 2 aliphatic rings. The number of Topliss-reactive ketones (excluding diaryl/α,β-unsaturated/α-hetero) is 1. The van der Waals surface area contributed by atoms with Gasteiger partial charge in [-0.15, -0.1) is 0 Å². The van der Waals surface area contributed by atoms with Gasteiger partial charge in [-0.05, 0) is 25.2 Å². The van der Waals surface area contributed by atoms with Crippen LogP contribution in [0.15, 0.2) is 0 Å². The second kappa shape index (κ2) is 3.13. The molecule has 0 bridgehead atoms. The Morgan fingerprint density at radius 2 is 2.15 bits per heavy atom. The number of carbonyl (C=O) groups excluding carboxylic acids is 2. The molecule has 3 heteroatoms. The maximum absolute atomic E-state index is 11.4. The summed E-state index contributed by atoms with van der Waals surface area (Å²) in [5.74, 6) is 0.698. The molecule has 2 fully saturated rings. The zero-order chi connectivity index (χ0) is 9.42. The lowest BCUT2D eigenvalue weighted by molar-refractivity contribution is -0.146. The van der Waals surface area contributed by atoms with Gasteiger partial charge in [0.1, 0.15) is 5.78 Å². The highest BCUT2D eigenvalue weighted by Crippen LogP contribution is 2.45. The molecule has 0 amide bonds. The van der Waals surface area contributed by atoms with Gasteiger partial charge in [0.15, 0.2) is 0 Å². The van der Waals surface area contributed by atoms with Crippen molar-refractivity contribution in [1.82, 2.24) is 0 Å². The van der Waals surface area contributed by atoms with Crippen LogP contribution in [0.1, 0.15) is 25.7 Å². The lowest BCUT2D eigenvalue weighted by Crippen LogP contribution is -2.21. The van der Waals surface area contributed by atoms with E-state index in [1.165, 1.54) is 7.11 Å². The standard InChI is InChI=1S/C10H14O3/c1-13-10(12)8-3-2-7-6(8)4-5-9(7)11/h6-8H,2-5H2,1H3/t6-,7-,8?/m0/s1. The van der Waals surface area contributed by atoms with E-state index in [2.05, 4.69) is 0 Å². The Labute approximate surface area is 77.4 Å². The van der Waals surface area contributed by atoms with E-state index in [1.807, 2.05) is 0 Å². The number of hydrogen-bond donors (Lipinski definition) is 0. The first-order valence-corrected chi connectivity index (χ1v) is 4.84. The first kappa shape index (κ1) is 8.73. The zero-order valence-electron chi connectivity index (χ0n) is 7.79. The highest BCUT2D eigenvalue weighted by Gasteiger charge is 2.47. The third-order valence-electron chi connectivity index (χ3n) is 3.46. The van der Waals surface area contributed by atoms with Crippen LogP contribution in [0.4, 0.5) is 0 Å². The Morgan fingerprint density at radius 1 is 1.38 bits per heavy atom. The van der Waals surface area contributed by atoms with Gasteiger partial charge in [-0.25, -0.2) is 0 Å². The van der Waals surface area contributed by atoms with E-state index >= 15 is 0 Å². The van der Waals surface area contributed by atoms with E-state index in [-0.39, 0.29) is 17.8 Å². The monoisotopic (exact) mass is 182 g/mol. The van der Waals surface area contributed by atoms with Crippen LogP contribution < -0.4 is 0 Å². The van der Waals surface area contributed by atoms with Gasteiger partial charge in [-0.2, -0.15) is 0 Å². The lowest BCUT2D eigenvalue weighted by atomic mass is 9.92. The Morgan fingerprint density at radius 3 is 2.85 bits per heavy atom. The molecule has 2 rings (SSSR count). The fourth-order valence-corrected chi connectivity index (χ4v) is 2.81. The van der Waals surface area contributed by atoms with Crippen LogP contribution >= 0.6 is 0 Å². The molecule has 3 atom stereocenters. The summed E-state index contributed by atoms with van der Waals surface area (Å²) in [6, 6.07) is 0. The summed E-state index contributed by atoms with van der Waals surface area (Å²) in [6.07, 6.45) is 3.29. The van der Waals surface area contributed by atoms with Crippen LogP contribution in [-0.2, 0) is 14.3 Å². The second-order valence-electron chi connectivity index (χ2n) is 3.98. The Hall–Kier alpha value is -0.860. The Kier molecular flexibility index (Phi) is 2.10. The van der Waals surface area contributed by atoms with Crippen molar-refractivity contribution in [3.8, 4) is 0 Å². The van der Waals surface area contributed by atoms with Crippen molar-refractivity contribution in [1.29, 1.82) is 0 Å². The number of ether oxygens (including phenoxy) is 1. The molecule has 0 heterocycles. The molecule has 3 nitrogen and oxygen atoms in total. The normalized spacial score (nSPS) is 37.6. The molecule has 0 saturated heterocycles. The molecule has 0 N–H and O–H groups in total. The van der Waals surface area contributed by atoms with E-state index in [9.17, 15) is 9.59 Å². The summed E-state index contributed by atoms with van der Waals surface area (Å²) in [7, 11) is 1.42. The Balaban J connectivity index is 2.10. The van der Waals surface area contributed by atoms with Gasteiger partial charge in [-0.3, -0.25) is 9.59 Å². The molecule has 72 valence electrons. The highest BCUT2D eigenvalue weighted by atomic mass is 16.5. The van der Waals surface area contributed by atoms with Crippen LogP contribution in [-0.4, -0.2) is 18.9 Å². The number of methoxy groups -OCH3 is 1. The van der Waals surface area contributed by atoms with Gasteiger partial charge in [0.05, 0.1) is 13.0 Å². The summed E-state index contributed by atoms with van der Waals surface area (Å²) in [5.41, 5.74) is 0. The van der Waals surface area contributed by atoms with Crippen molar-refractivity contribution in [3.05, 3.63) is 0 Å². The molecule has 13 heavy (non-hydrogen) atoms. The molecule has 0 radical (unpaired) electrons. The average molecular weight is 182 g/mol. The zero-order valence-corrected chi connectivity index (χ0v) is 7.79. The fraction of sp³-hybridized carbons (Fsp3) is 0.800. The van der Waals surface area contributed by atoms with E-state index in [0.29, 0.717) is 18.1 Å². The maximum Gasteiger partial charge on any atom is 0.308 e. The molecule has 0 aromatic heterocycles. The van der Waals surface area contributed by atoms with Crippen LogP contribution in [0.25, 0.3) is 0 Å². The quantitative estimate of drug-likeness (QED) is 0.571. The molecule has 0 aromatic carbocycles. The largest absolute Gasteiger partial charge is 0.469 e. The van der Waals surface area contributed by atoms with E-state index in [4.69, 9.17) is 4.74 Å². The SMILES string of the molecule is COC(=O)C1CC[C@@H]2C(=O)CC[C@H]12. The number of hydrogen-bond acceptors (Lipinski definition) is 3. The van der Waals surface area contributed by atoms with Crippen LogP contribution in [0.5, 0.6) is 0 Å². The van der Waals surface area contributed by atoms with Gasteiger partial charge in [-0.1, -0.05) is 0 Å². The van der Waals surface area contributed by atoms with Crippen molar-refractivity contribution in [2.45, 2.75) is 25.7 Å². The first-order chi connectivity index (χ1) is 6.24. The average Bonchev–Trinajstić information content (AvgIpc) is 2.68. The van der Waals surface area contributed by atoms with Crippen LogP contribution in [0, 0.1) is 17.8 Å². The van der Waals surface area contributed by atoms with Crippen molar-refractivity contribution in [2.24, 2.45) is 17.8 Å². The Bertz CT molecular complexity index is 247. The molecule has 0 aromatic rings. The summed E-state index contributed by atoms with van der Waals surface area (Å²) in [6.45, 7) is 0. The molecule has 1 unspecified atom stereocenters. The number of esters is 1. The number of carbonyl (C=O) groups is 2. The van der Waals surface area contributed by atoms with Gasteiger partial charge in [0, 0.05) is 12.3 Å². The number of fused-ring (bicyclic) bond motifs is 1. The topological polar surface area (TPSA) is 43.4 Å². The number of rotatable bonds is 1. The van der Waals surface area contributed by atoms with Crippen molar-refractivity contribution < 1.29 is 14.3 Å². The first-order valence-electron chi connectivity index (χ1n) is 4.84. The molecule has 2 saturated carbocycles. The van der Waals surface area contributed by atoms with Gasteiger partial charge in [0.25, 0.3) is 0 Å². The minimum atomic E-state index is -0.123. The third kappa shape index (κ3) is 1.26. The minimum Gasteiger partial charge on any atom is -0.469 e. The van der Waals surface area contributed by atoms with Gasteiger partial charge in [0.2, 0.25) is 0 Å². The predicted octanol–water partition coefficient (Wildman–Crippen LogP) is 1.16. The second-order valence-corrected chi connectivity index (χ2v) is 3.98. The van der Waals surface area contributed by atoms with Crippen molar-refractivity contribution in [3.63, 3.8) is 0 Å². The summed E-state index contributed by atoms with van der Waals surface area (Å²) in [4.78, 5) is 22.7. The molecular formula is C10H14O3. The van der Waals surface area contributed by atoms with Crippen LogP contribution in [0.3, 0.4) is 0 Å². The summed E-state index contributed by atoms with van der Waals surface area (Å²) >= 11 is 0. The minimum absolute atomic E-state index is 0.00134. The predicted molar refractivity (Wildman–Crippen MR) is 46.0 cm³/mol. The van der Waals surface area contributed by atoms with E-state index in [1.54, 1.807) is 0 Å². The molecule has 0 aliphatic heterocycles. The fourth-order valence-electron chi connectivity index (χ4n) is 2.81. The lowest BCUT2D eigenvalue weighted by Gasteiger charge is -2.14. The van der Waals surface area contributed by atoms with Crippen molar-refractivity contribution in [2.75, 3.05) is 7.11 Å². The maximum atomic E-state index is 11.4. The smallest absolute Gasteiger partial charge is 0.308 e.